The first kappa shape index (κ1) is 20.3. The maximum Gasteiger partial charge on any atom is 0.239 e. The summed E-state index contributed by atoms with van der Waals surface area (Å²) in [4.78, 5) is 14.1. The monoisotopic (exact) mass is 358 g/mol. The van der Waals surface area contributed by atoms with E-state index < -0.39 is 0 Å². The van der Waals surface area contributed by atoms with E-state index in [0.29, 0.717) is 19.1 Å². The number of nitrogens with zero attached hydrogens (tertiary/aromatic N) is 1. The highest BCUT2D eigenvalue weighted by atomic mass is 35.5. The quantitative estimate of drug-likeness (QED) is 0.776. The molecule has 1 aliphatic heterocycles. The second-order valence-electron chi connectivity index (χ2n) is 5.83. The van der Waals surface area contributed by atoms with Crippen LogP contribution in [0, 0.1) is 5.92 Å². The Kier molecular flexibility index (Phi) is 9.63. The summed E-state index contributed by atoms with van der Waals surface area (Å²) in [6.45, 7) is 2.93. The van der Waals surface area contributed by atoms with Crippen LogP contribution < -0.4 is 5.73 Å². The lowest BCUT2D eigenvalue weighted by Gasteiger charge is -2.20. The topological polar surface area (TPSA) is 55.6 Å². The summed E-state index contributed by atoms with van der Waals surface area (Å²) < 4.78 is 5.78. The highest BCUT2D eigenvalue weighted by Crippen LogP contribution is 2.18. The summed E-state index contributed by atoms with van der Waals surface area (Å²) >= 11 is 1.73. The molecule has 130 valence electrons. The average Bonchev–Trinajstić information content (AvgIpc) is 3.01. The van der Waals surface area contributed by atoms with Crippen molar-refractivity contribution in [1.82, 2.24) is 4.90 Å². The molecule has 23 heavy (non-hydrogen) atoms. The molecule has 1 unspecified atom stereocenters. The Balaban J connectivity index is 0.00000264. The number of halogens is 1. The molecule has 1 aliphatic rings. The Morgan fingerprint density at radius 1 is 1.43 bits per heavy atom. The minimum absolute atomic E-state index is 0. The largest absolute Gasteiger partial charge is 0.376 e. The van der Waals surface area contributed by atoms with Crippen LogP contribution >= 0.6 is 24.2 Å². The highest BCUT2D eigenvalue weighted by molar-refractivity contribution is 7.98. The summed E-state index contributed by atoms with van der Waals surface area (Å²) in [6.07, 6.45) is 3.80. The predicted octanol–water partition coefficient (Wildman–Crippen LogP) is 2.55. The number of likely N-dealkylation sites (tertiary alicyclic amines) is 1. The van der Waals surface area contributed by atoms with Crippen LogP contribution in [0.2, 0.25) is 0 Å². The molecule has 4 nitrogen and oxygen atoms in total. The Hall–Kier alpha value is -0.750. The molecule has 1 amide bonds. The molecule has 1 aromatic carbocycles. The van der Waals surface area contributed by atoms with Crippen molar-refractivity contribution in [3.63, 3.8) is 0 Å². The van der Waals surface area contributed by atoms with Gasteiger partial charge in [-0.05, 0) is 30.4 Å². The Bertz CT molecular complexity index is 461. The van der Waals surface area contributed by atoms with Crippen LogP contribution in [-0.2, 0) is 16.1 Å². The molecule has 2 N–H and O–H groups in total. The lowest BCUT2D eigenvalue weighted by molar-refractivity contribution is -0.131. The zero-order valence-corrected chi connectivity index (χ0v) is 15.3. The number of benzene rings is 1. The van der Waals surface area contributed by atoms with Crippen molar-refractivity contribution in [2.75, 3.05) is 31.7 Å². The number of thioether (sulfide) groups is 1. The fourth-order valence-electron chi connectivity index (χ4n) is 2.69. The molecular formula is C17H27ClN2O2S. The van der Waals surface area contributed by atoms with Gasteiger partial charge < -0.3 is 15.4 Å². The predicted molar refractivity (Wildman–Crippen MR) is 99.0 cm³/mol. The lowest BCUT2D eigenvalue weighted by Crippen LogP contribution is -2.43. The van der Waals surface area contributed by atoms with Crippen molar-refractivity contribution in [3.05, 3.63) is 35.9 Å². The molecule has 6 heteroatoms. The van der Waals surface area contributed by atoms with E-state index in [9.17, 15) is 4.79 Å². The van der Waals surface area contributed by atoms with Gasteiger partial charge in [-0.25, -0.2) is 0 Å². The van der Waals surface area contributed by atoms with Crippen molar-refractivity contribution in [2.45, 2.75) is 25.5 Å². The van der Waals surface area contributed by atoms with Crippen LogP contribution in [0.5, 0.6) is 0 Å². The van der Waals surface area contributed by atoms with Crippen molar-refractivity contribution < 1.29 is 9.53 Å². The Morgan fingerprint density at radius 3 is 2.87 bits per heavy atom. The zero-order chi connectivity index (χ0) is 15.8. The molecule has 1 saturated heterocycles. The van der Waals surface area contributed by atoms with E-state index in [1.54, 1.807) is 11.8 Å². The van der Waals surface area contributed by atoms with E-state index in [-0.39, 0.29) is 24.4 Å². The van der Waals surface area contributed by atoms with Crippen LogP contribution in [0.15, 0.2) is 30.3 Å². The van der Waals surface area contributed by atoms with Crippen LogP contribution in [0.4, 0.5) is 0 Å². The van der Waals surface area contributed by atoms with Gasteiger partial charge in [-0.3, -0.25) is 4.79 Å². The van der Waals surface area contributed by atoms with Crippen LogP contribution in [0.25, 0.3) is 0 Å². The average molecular weight is 359 g/mol. The number of carbonyl (C=O) groups excluding carboxylic acids is 1. The molecule has 0 spiro atoms. The molecule has 0 aliphatic carbocycles. The first-order valence-electron chi connectivity index (χ1n) is 7.85. The highest BCUT2D eigenvalue weighted by Gasteiger charge is 2.29. The van der Waals surface area contributed by atoms with Gasteiger partial charge in [-0.1, -0.05) is 30.3 Å². The second-order valence-corrected chi connectivity index (χ2v) is 6.81. The van der Waals surface area contributed by atoms with E-state index in [0.717, 1.165) is 31.7 Å². The molecule has 0 radical (unpaired) electrons. The van der Waals surface area contributed by atoms with Gasteiger partial charge in [-0.15, -0.1) is 12.4 Å². The first-order chi connectivity index (χ1) is 10.7. The Morgan fingerprint density at radius 2 is 2.17 bits per heavy atom. The van der Waals surface area contributed by atoms with Gasteiger partial charge in [0.25, 0.3) is 0 Å². The van der Waals surface area contributed by atoms with Crippen LogP contribution in [0.1, 0.15) is 18.4 Å². The Labute approximate surface area is 149 Å². The third-order valence-electron chi connectivity index (χ3n) is 4.01. The van der Waals surface area contributed by atoms with Gasteiger partial charge in [0, 0.05) is 19.0 Å². The van der Waals surface area contributed by atoms with Gasteiger partial charge in [0.1, 0.15) is 0 Å². The van der Waals surface area contributed by atoms with Gasteiger partial charge >= 0.3 is 0 Å². The number of ether oxygens (including phenoxy) is 1. The molecule has 1 aromatic rings. The van der Waals surface area contributed by atoms with E-state index in [1.165, 1.54) is 5.56 Å². The van der Waals surface area contributed by atoms with E-state index >= 15 is 0 Å². The number of rotatable bonds is 8. The van der Waals surface area contributed by atoms with Crippen LogP contribution in [0.3, 0.4) is 0 Å². The molecular weight excluding hydrogens is 332 g/mol. The molecule has 2 rings (SSSR count). The summed E-state index contributed by atoms with van der Waals surface area (Å²) in [5.41, 5.74) is 7.16. The summed E-state index contributed by atoms with van der Waals surface area (Å²) in [6, 6.07) is 9.82. The van der Waals surface area contributed by atoms with Crippen molar-refractivity contribution in [1.29, 1.82) is 0 Å². The third-order valence-corrected chi connectivity index (χ3v) is 4.66. The van der Waals surface area contributed by atoms with E-state index in [4.69, 9.17) is 10.5 Å². The van der Waals surface area contributed by atoms with Crippen molar-refractivity contribution >= 4 is 30.1 Å². The smallest absolute Gasteiger partial charge is 0.239 e. The first-order valence-corrected chi connectivity index (χ1v) is 9.25. The van der Waals surface area contributed by atoms with Gasteiger partial charge in [0.15, 0.2) is 0 Å². The molecule has 2 atom stereocenters. The normalized spacial score (nSPS) is 18.5. The van der Waals surface area contributed by atoms with Crippen molar-refractivity contribution in [2.24, 2.45) is 11.7 Å². The maximum absolute atomic E-state index is 12.2. The SMILES string of the molecule is CSCC[C@H](N)C(=O)N1CCC(COCc2ccccc2)C1.Cl. The minimum atomic E-state index is -0.351. The molecule has 1 fully saturated rings. The standard InChI is InChI=1S/C17H26N2O2S.ClH/c1-22-10-8-16(18)17(20)19-9-7-15(11-19)13-21-12-14-5-3-2-4-6-14;/h2-6,15-16H,7-13,18H2,1H3;1H/t15?,16-;/m0./s1. The third kappa shape index (κ3) is 6.71. The number of nitrogens with two attached hydrogens (primary N) is 1. The van der Waals surface area contributed by atoms with Gasteiger partial charge in [0.2, 0.25) is 5.91 Å². The second kappa shape index (κ2) is 10.9. The maximum atomic E-state index is 12.2. The van der Waals surface area contributed by atoms with Crippen molar-refractivity contribution in [3.8, 4) is 0 Å². The fourth-order valence-corrected chi connectivity index (χ4v) is 3.18. The van der Waals surface area contributed by atoms with E-state index in [2.05, 4.69) is 12.1 Å². The number of amides is 1. The fraction of sp³-hybridized carbons (Fsp3) is 0.588. The molecule has 0 aromatic heterocycles. The number of hydrogen-bond donors (Lipinski definition) is 1. The molecule has 0 bridgehead atoms. The number of carbonyl (C=O) groups is 1. The zero-order valence-electron chi connectivity index (χ0n) is 13.6. The summed E-state index contributed by atoms with van der Waals surface area (Å²) in [7, 11) is 0. The molecule has 0 saturated carbocycles. The number of hydrogen-bond acceptors (Lipinski definition) is 4. The lowest BCUT2D eigenvalue weighted by atomic mass is 10.1. The van der Waals surface area contributed by atoms with Gasteiger partial charge in [0.05, 0.1) is 19.3 Å². The minimum Gasteiger partial charge on any atom is -0.376 e. The van der Waals surface area contributed by atoms with Crippen LogP contribution in [-0.4, -0.2) is 48.6 Å². The van der Waals surface area contributed by atoms with Gasteiger partial charge in [-0.2, -0.15) is 11.8 Å². The van der Waals surface area contributed by atoms with E-state index in [1.807, 2.05) is 29.4 Å². The molecule has 1 heterocycles. The summed E-state index contributed by atoms with van der Waals surface area (Å²) in [5.74, 6) is 1.46. The summed E-state index contributed by atoms with van der Waals surface area (Å²) in [5, 5.41) is 0.